The van der Waals surface area contributed by atoms with Crippen molar-refractivity contribution in [3.63, 3.8) is 0 Å². The Bertz CT molecular complexity index is 1370. The van der Waals surface area contributed by atoms with Crippen LogP contribution in [0.3, 0.4) is 0 Å². The van der Waals surface area contributed by atoms with Crippen molar-refractivity contribution in [3.05, 3.63) is 64.7 Å². The maximum Gasteiger partial charge on any atom is 0.325 e. The number of nitriles is 1. The van der Waals surface area contributed by atoms with Gasteiger partial charge in [0.1, 0.15) is 24.7 Å². The molecule has 2 aromatic rings. The molecule has 10 nitrogen and oxygen atoms in total. The van der Waals surface area contributed by atoms with E-state index >= 15 is 0 Å². The third-order valence-electron chi connectivity index (χ3n) is 5.02. The SMILES string of the molecule is Cc1ccc(C=C(C#N)C(=O)c2ccc(NS(C)(=O)=O)cc2)c(N(CC(=O)OC(C)C)CC(=O)OC(C)C)c1. The van der Waals surface area contributed by atoms with Crippen LogP contribution < -0.4 is 9.62 Å². The van der Waals surface area contributed by atoms with Crippen LogP contribution in [-0.4, -0.2) is 57.7 Å². The monoisotopic (exact) mass is 555 g/mol. The molecule has 0 aliphatic rings. The molecule has 0 amide bonds. The molecule has 39 heavy (non-hydrogen) atoms. The standard InChI is InChI=1S/C28H33N3O7S/c1-18(2)37-26(32)16-31(17-27(33)38-19(3)4)25-13-20(5)7-8-22(25)14-23(15-29)28(34)21-9-11-24(12-10-21)30-39(6,35)36/h7-14,18-19,30H,16-17H2,1-6H3. The summed E-state index contributed by atoms with van der Waals surface area (Å²) in [7, 11) is -3.49. The Hall–Kier alpha value is -4.17. The Morgan fingerprint density at radius 2 is 1.51 bits per heavy atom. The lowest BCUT2D eigenvalue weighted by atomic mass is 10.00. The number of carbonyl (C=O) groups is 3. The fourth-order valence-corrected chi connectivity index (χ4v) is 4.12. The lowest BCUT2D eigenvalue weighted by Gasteiger charge is -2.26. The largest absolute Gasteiger partial charge is 0.462 e. The first-order valence-electron chi connectivity index (χ1n) is 12.2. The summed E-state index contributed by atoms with van der Waals surface area (Å²) in [5.74, 6) is -1.70. The van der Waals surface area contributed by atoms with Gasteiger partial charge in [0.2, 0.25) is 15.8 Å². The molecule has 0 saturated heterocycles. The first-order chi connectivity index (χ1) is 18.2. The number of nitrogens with one attached hydrogen (secondary N) is 1. The number of sulfonamides is 1. The van der Waals surface area contributed by atoms with Gasteiger partial charge in [-0.3, -0.25) is 19.1 Å². The van der Waals surface area contributed by atoms with Crippen molar-refractivity contribution in [1.29, 1.82) is 5.26 Å². The number of ketones is 1. The highest BCUT2D eigenvalue weighted by molar-refractivity contribution is 7.92. The number of benzene rings is 2. The van der Waals surface area contributed by atoms with Crippen LogP contribution in [0.2, 0.25) is 0 Å². The average molecular weight is 556 g/mol. The fraction of sp³-hybridized carbons (Fsp3) is 0.357. The molecule has 0 heterocycles. The maximum absolute atomic E-state index is 13.1. The molecule has 0 atom stereocenters. The third kappa shape index (κ3) is 10.2. The van der Waals surface area contributed by atoms with Crippen molar-refractivity contribution in [3.8, 4) is 6.07 Å². The molecule has 0 bridgehead atoms. The van der Waals surface area contributed by atoms with Gasteiger partial charge in [-0.1, -0.05) is 12.1 Å². The summed E-state index contributed by atoms with van der Waals surface area (Å²) in [4.78, 5) is 39.7. The van der Waals surface area contributed by atoms with Crippen LogP contribution in [0.4, 0.5) is 11.4 Å². The van der Waals surface area contributed by atoms with E-state index in [1.165, 1.54) is 35.2 Å². The van der Waals surface area contributed by atoms with Crippen LogP contribution in [0.25, 0.3) is 6.08 Å². The summed E-state index contributed by atoms with van der Waals surface area (Å²) < 4.78 is 35.7. The second-order valence-corrected chi connectivity index (χ2v) is 11.2. The summed E-state index contributed by atoms with van der Waals surface area (Å²) in [6, 6.07) is 12.8. The van der Waals surface area contributed by atoms with Gasteiger partial charge in [0.05, 0.1) is 18.5 Å². The van der Waals surface area contributed by atoms with Crippen LogP contribution in [0.5, 0.6) is 0 Å². The van der Waals surface area contributed by atoms with Crippen molar-refractivity contribution in [2.24, 2.45) is 0 Å². The van der Waals surface area contributed by atoms with Gasteiger partial charge in [-0.25, -0.2) is 8.42 Å². The highest BCUT2D eigenvalue weighted by Gasteiger charge is 2.22. The topological polar surface area (TPSA) is 143 Å². The minimum absolute atomic E-state index is 0.174. The highest BCUT2D eigenvalue weighted by atomic mass is 32.2. The lowest BCUT2D eigenvalue weighted by molar-refractivity contribution is -0.146. The minimum atomic E-state index is -3.49. The molecular weight excluding hydrogens is 522 g/mol. The maximum atomic E-state index is 13.1. The van der Waals surface area contributed by atoms with Crippen molar-refractivity contribution in [2.75, 3.05) is 29.0 Å². The number of nitrogens with zero attached hydrogens (tertiary/aromatic N) is 2. The third-order valence-corrected chi connectivity index (χ3v) is 5.62. The van der Waals surface area contributed by atoms with Gasteiger partial charge in [-0.05, 0) is 82.2 Å². The number of hydrogen-bond acceptors (Lipinski definition) is 9. The van der Waals surface area contributed by atoms with Crippen LogP contribution >= 0.6 is 0 Å². The average Bonchev–Trinajstić information content (AvgIpc) is 2.81. The molecule has 0 radical (unpaired) electrons. The number of carbonyl (C=O) groups excluding carboxylic acids is 3. The first-order valence-corrected chi connectivity index (χ1v) is 14.1. The van der Waals surface area contributed by atoms with Gasteiger partial charge < -0.3 is 14.4 Å². The van der Waals surface area contributed by atoms with Gasteiger partial charge in [0, 0.05) is 16.9 Å². The predicted molar refractivity (Wildman–Crippen MR) is 149 cm³/mol. The molecule has 2 rings (SSSR count). The van der Waals surface area contributed by atoms with E-state index in [1.54, 1.807) is 45.9 Å². The number of esters is 2. The number of allylic oxidation sites excluding steroid dienone is 1. The van der Waals surface area contributed by atoms with Gasteiger partial charge in [0.25, 0.3) is 0 Å². The quantitative estimate of drug-likeness (QED) is 0.179. The Morgan fingerprint density at radius 1 is 0.974 bits per heavy atom. The number of aryl methyl sites for hydroxylation is 1. The minimum Gasteiger partial charge on any atom is -0.462 e. The summed E-state index contributed by atoms with van der Waals surface area (Å²) in [5, 5.41) is 9.81. The predicted octanol–water partition coefficient (Wildman–Crippen LogP) is 3.87. The van der Waals surface area contributed by atoms with Gasteiger partial charge in [-0.2, -0.15) is 5.26 Å². The fourth-order valence-electron chi connectivity index (χ4n) is 3.55. The molecule has 1 N–H and O–H groups in total. The van der Waals surface area contributed by atoms with Crippen LogP contribution in [-0.2, 0) is 29.1 Å². The van der Waals surface area contributed by atoms with E-state index in [9.17, 15) is 28.1 Å². The molecule has 0 fully saturated rings. The molecule has 0 aliphatic heterocycles. The molecule has 11 heteroatoms. The zero-order valence-electron chi connectivity index (χ0n) is 22.8. The van der Waals surface area contributed by atoms with E-state index in [4.69, 9.17) is 9.47 Å². The molecule has 0 aliphatic carbocycles. The Balaban J connectivity index is 2.49. The van der Waals surface area contributed by atoms with E-state index in [1.807, 2.05) is 13.0 Å². The van der Waals surface area contributed by atoms with E-state index in [2.05, 4.69) is 4.72 Å². The summed E-state index contributed by atoms with van der Waals surface area (Å²) in [6.07, 6.45) is 1.67. The molecule has 2 aromatic carbocycles. The molecule has 0 unspecified atom stereocenters. The van der Waals surface area contributed by atoms with E-state index in [0.29, 0.717) is 11.3 Å². The first kappa shape index (κ1) is 31.1. The van der Waals surface area contributed by atoms with Crippen LogP contribution in [0, 0.1) is 18.3 Å². The lowest BCUT2D eigenvalue weighted by Crippen LogP contribution is -2.37. The van der Waals surface area contributed by atoms with Gasteiger partial charge in [0.15, 0.2) is 0 Å². The summed E-state index contributed by atoms with van der Waals surface area (Å²) in [5.41, 5.74) is 1.93. The van der Waals surface area contributed by atoms with E-state index in [-0.39, 0.29) is 42.1 Å². The summed E-state index contributed by atoms with van der Waals surface area (Å²) in [6.45, 7) is 8.15. The van der Waals surface area contributed by atoms with Gasteiger partial charge in [-0.15, -0.1) is 0 Å². The van der Waals surface area contributed by atoms with Gasteiger partial charge >= 0.3 is 11.9 Å². The van der Waals surface area contributed by atoms with E-state index < -0.39 is 27.7 Å². The zero-order chi connectivity index (χ0) is 29.3. The summed E-state index contributed by atoms with van der Waals surface area (Å²) >= 11 is 0. The highest BCUT2D eigenvalue weighted by Crippen LogP contribution is 2.26. The van der Waals surface area contributed by atoms with Crippen molar-refractivity contribution < 1.29 is 32.3 Å². The van der Waals surface area contributed by atoms with Crippen molar-refractivity contribution >= 4 is 45.2 Å². The normalized spacial score (nSPS) is 11.6. The molecule has 208 valence electrons. The molecule has 0 spiro atoms. The molecular formula is C28H33N3O7S. The second kappa shape index (κ2) is 13.6. The van der Waals surface area contributed by atoms with Crippen molar-refractivity contribution in [1.82, 2.24) is 0 Å². The molecule has 0 aromatic heterocycles. The smallest absolute Gasteiger partial charge is 0.325 e. The number of ether oxygens (including phenoxy) is 2. The zero-order valence-corrected chi connectivity index (χ0v) is 23.7. The van der Waals surface area contributed by atoms with Crippen LogP contribution in [0.1, 0.15) is 49.2 Å². The van der Waals surface area contributed by atoms with Crippen LogP contribution in [0.15, 0.2) is 48.0 Å². The second-order valence-electron chi connectivity index (χ2n) is 9.45. The number of Topliss-reactive ketones (excluding diaryl/α,β-unsaturated/α-hetero) is 1. The number of anilines is 2. The number of hydrogen-bond donors (Lipinski definition) is 1. The number of rotatable bonds is 12. The van der Waals surface area contributed by atoms with Crippen molar-refractivity contribution in [2.45, 2.75) is 46.8 Å². The van der Waals surface area contributed by atoms with E-state index in [0.717, 1.165) is 11.8 Å². The Labute approximate surface area is 229 Å². The Morgan fingerprint density at radius 3 is 1.97 bits per heavy atom. The Kier molecular flexibility index (Phi) is 10.8. The molecule has 0 saturated carbocycles.